The Morgan fingerprint density at radius 3 is 2.36 bits per heavy atom. The number of rotatable bonds is 5. The summed E-state index contributed by atoms with van der Waals surface area (Å²) in [6.07, 6.45) is 2.37. The van der Waals surface area contributed by atoms with Crippen LogP contribution in [-0.2, 0) is 14.3 Å². The van der Waals surface area contributed by atoms with Crippen molar-refractivity contribution in [3.8, 4) is 0 Å². The van der Waals surface area contributed by atoms with E-state index in [4.69, 9.17) is 5.73 Å². The molecule has 0 aromatic carbocycles. The summed E-state index contributed by atoms with van der Waals surface area (Å²) in [6.45, 7) is 5.30. The molecular formula is C10H19NO3. The maximum atomic E-state index is 11.3. The molecule has 0 fully saturated rings. The largest absolute Gasteiger partial charge is 0.392 e. The smallest absolute Gasteiger partial charge is 0.333 e. The second kappa shape index (κ2) is 5.75. The first-order valence-corrected chi connectivity index (χ1v) is 4.98. The van der Waals surface area contributed by atoms with E-state index in [0.29, 0.717) is 6.42 Å². The average Bonchev–Trinajstić information content (AvgIpc) is 2.14. The van der Waals surface area contributed by atoms with Crippen LogP contribution in [0, 0.1) is 0 Å². The molecular weight excluding hydrogens is 182 g/mol. The molecule has 4 nitrogen and oxygen atoms in total. The number of esters is 2. The topological polar surface area (TPSA) is 69.4 Å². The van der Waals surface area contributed by atoms with Crippen LogP contribution < -0.4 is 5.73 Å². The van der Waals surface area contributed by atoms with Crippen molar-refractivity contribution in [1.82, 2.24) is 0 Å². The number of unbranched alkanes of at least 4 members (excludes halogenated alkanes) is 1. The molecule has 0 aliphatic rings. The van der Waals surface area contributed by atoms with Gasteiger partial charge in [-0.05, 0) is 19.8 Å². The highest BCUT2D eigenvalue weighted by Crippen LogP contribution is 2.08. The van der Waals surface area contributed by atoms with Crippen molar-refractivity contribution in [2.24, 2.45) is 5.73 Å². The molecule has 0 radical (unpaired) electrons. The van der Waals surface area contributed by atoms with Gasteiger partial charge in [-0.2, -0.15) is 0 Å². The van der Waals surface area contributed by atoms with Gasteiger partial charge in [0.2, 0.25) is 0 Å². The Morgan fingerprint density at radius 1 is 1.36 bits per heavy atom. The first-order chi connectivity index (χ1) is 6.44. The zero-order valence-corrected chi connectivity index (χ0v) is 9.13. The molecule has 2 N–H and O–H groups in total. The Kier molecular flexibility index (Phi) is 5.38. The zero-order valence-electron chi connectivity index (χ0n) is 9.13. The molecule has 0 saturated heterocycles. The number of carbonyl (C=O) groups is 2. The van der Waals surface area contributed by atoms with Crippen LogP contribution in [-0.4, -0.2) is 17.5 Å². The molecule has 14 heavy (non-hydrogen) atoms. The molecule has 0 bridgehead atoms. The van der Waals surface area contributed by atoms with Gasteiger partial charge >= 0.3 is 11.9 Å². The summed E-state index contributed by atoms with van der Waals surface area (Å²) in [5, 5.41) is 0. The maximum absolute atomic E-state index is 11.3. The summed E-state index contributed by atoms with van der Waals surface area (Å²) >= 11 is 0. The van der Waals surface area contributed by atoms with E-state index >= 15 is 0 Å². The fourth-order valence-electron chi connectivity index (χ4n) is 0.736. The van der Waals surface area contributed by atoms with Crippen molar-refractivity contribution >= 4 is 11.9 Å². The molecule has 82 valence electrons. The molecule has 0 aliphatic heterocycles. The van der Waals surface area contributed by atoms with Crippen LogP contribution in [0.1, 0.15) is 46.5 Å². The summed E-state index contributed by atoms with van der Waals surface area (Å²) in [7, 11) is 0. The summed E-state index contributed by atoms with van der Waals surface area (Å²) < 4.78 is 4.61. The van der Waals surface area contributed by atoms with E-state index in [2.05, 4.69) is 4.74 Å². The summed E-state index contributed by atoms with van der Waals surface area (Å²) in [5.74, 6) is -1.12. The van der Waals surface area contributed by atoms with Crippen molar-refractivity contribution in [3.63, 3.8) is 0 Å². The number of hydrogen-bond donors (Lipinski definition) is 1. The van der Waals surface area contributed by atoms with Gasteiger partial charge in [0.1, 0.15) is 5.54 Å². The van der Waals surface area contributed by atoms with E-state index in [1.165, 1.54) is 0 Å². The van der Waals surface area contributed by atoms with Crippen LogP contribution in [0.3, 0.4) is 0 Å². The van der Waals surface area contributed by atoms with Crippen LogP contribution in [0.15, 0.2) is 0 Å². The van der Waals surface area contributed by atoms with Gasteiger partial charge in [0.15, 0.2) is 0 Å². The number of nitrogens with two attached hydrogens (primary N) is 1. The van der Waals surface area contributed by atoms with Crippen LogP contribution in [0.25, 0.3) is 0 Å². The van der Waals surface area contributed by atoms with Crippen LogP contribution in [0.2, 0.25) is 0 Å². The quantitative estimate of drug-likeness (QED) is 0.539. The van der Waals surface area contributed by atoms with Crippen molar-refractivity contribution in [3.05, 3.63) is 0 Å². The molecule has 1 unspecified atom stereocenters. The normalized spacial score (nSPS) is 14.6. The molecule has 0 aromatic heterocycles. The van der Waals surface area contributed by atoms with Gasteiger partial charge in [0.25, 0.3) is 0 Å². The molecule has 1 atom stereocenters. The third-order valence-electron chi connectivity index (χ3n) is 2.14. The molecule has 0 heterocycles. The lowest BCUT2D eigenvalue weighted by molar-refractivity contribution is -0.163. The van der Waals surface area contributed by atoms with Crippen molar-refractivity contribution in [2.45, 2.75) is 52.0 Å². The second-order valence-corrected chi connectivity index (χ2v) is 3.64. The van der Waals surface area contributed by atoms with E-state index in [-0.39, 0.29) is 6.42 Å². The molecule has 4 heteroatoms. The van der Waals surface area contributed by atoms with Crippen molar-refractivity contribution in [2.75, 3.05) is 0 Å². The van der Waals surface area contributed by atoms with Gasteiger partial charge in [-0.3, -0.25) is 4.79 Å². The molecule has 0 aliphatic carbocycles. The van der Waals surface area contributed by atoms with Crippen LogP contribution in [0.4, 0.5) is 0 Å². The lowest BCUT2D eigenvalue weighted by Gasteiger charge is -2.19. The van der Waals surface area contributed by atoms with Gasteiger partial charge in [-0.1, -0.05) is 20.3 Å². The summed E-state index contributed by atoms with van der Waals surface area (Å²) in [6, 6.07) is 0. The highest BCUT2D eigenvalue weighted by atomic mass is 16.6. The molecule has 0 spiro atoms. The Balaban J connectivity index is 4.00. The summed E-state index contributed by atoms with van der Waals surface area (Å²) in [5.41, 5.74) is 4.56. The van der Waals surface area contributed by atoms with Gasteiger partial charge in [-0.15, -0.1) is 0 Å². The monoisotopic (exact) mass is 201 g/mol. The van der Waals surface area contributed by atoms with Crippen LogP contribution in [0.5, 0.6) is 0 Å². The molecule has 0 aromatic rings. The molecule has 0 saturated carbocycles. The van der Waals surface area contributed by atoms with Crippen molar-refractivity contribution < 1.29 is 14.3 Å². The zero-order chi connectivity index (χ0) is 11.2. The number of ether oxygens (including phenoxy) is 1. The fourth-order valence-corrected chi connectivity index (χ4v) is 0.736. The minimum Gasteiger partial charge on any atom is -0.392 e. The molecule has 0 amide bonds. The Hall–Kier alpha value is -0.900. The van der Waals surface area contributed by atoms with Crippen LogP contribution >= 0.6 is 0 Å². The Labute approximate surface area is 84.8 Å². The highest BCUT2D eigenvalue weighted by molar-refractivity contribution is 5.90. The third kappa shape index (κ3) is 4.37. The van der Waals surface area contributed by atoms with Gasteiger partial charge in [0, 0.05) is 6.42 Å². The summed E-state index contributed by atoms with van der Waals surface area (Å²) in [4.78, 5) is 22.4. The van der Waals surface area contributed by atoms with Gasteiger partial charge in [0.05, 0.1) is 0 Å². The van der Waals surface area contributed by atoms with E-state index in [9.17, 15) is 9.59 Å². The van der Waals surface area contributed by atoms with Gasteiger partial charge < -0.3 is 10.5 Å². The Morgan fingerprint density at radius 2 is 1.93 bits per heavy atom. The predicted octanol–water partition coefficient (Wildman–Crippen LogP) is 1.37. The minimum absolute atomic E-state index is 0.280. The second-order valence-electron chi connectivity index (χ2n) is 3.64. The van der Waals surface area contributed by atoms with E-state index in [0.717, 1.165) is 12.8 Å². The third-order valence-corrected chi connectivity index (χ3v) is 2.14. The van der Waals surface area contributed by atoms with Crippen molar-refractivity contribution in [1.29, 1.82) is 0 Å². The van der Waals surface area contributed by atoms with E-state index in [1.807, 2.05) is 6.92 Å². The predicted molar refractivity (Wildman–Crippen MR) is 53.5 cm³/mol. The lowest BCUT2D eigenvalue weighted by atomic mass is 10.0. The van der Waals surface area contributed by atoms with Gasteiger partial charge in [-0.25, -0.2) is 4.79 Å². The minimum atomic E-state index is -1.05. The maximum Gasteiger partial charge on any atom is 0.333 e. The SMILES string of the molecule is CCCCC(=O)OC(=O)C(C)(N)CC. The average molecular weight is 201 g/mol. The number of hydrogen-bond acceptors (Lipinski definition) is 4. The lowest BCUT2D eigenvalue weighted by Crippen LogP contribution is -2.46. The fraction of sp³-hybridized carbons (Fsp3) is 0.800. The first-order valence-electron chi connectivity index (χ1n) is 4.98. The first kappa shape index (κ1) is 13.1. The van der Waals surface area contributed by atoms with E-state index < -0.39 is 17.5 Å². The Bertz CT molecular complexity index is 211. The highest BCUT2D eigenvalue weighted by Gasteiger charge is 2.29. The molecule has 0 rings (SSSR count). The van der Waals surface area contributed by atoms with E-state index in [1.54, 1.807) is 13.8 Å². The standard InChI is InChI=1S/C10H19NO3/c1-4-6-7-8(12)14-9(13)10(3,11)5-2/h4-7,11H2,1-3H3. The number of carbonyl (C=O) groups excluding carboxylic acids is 2.